The first-order valence-corrected chi connectivity index (χ1v) is 6.66. The minimum Gasteiger partial charge on any atom is -0.287 e. The summed E-state index contributed by atoms with van der Waals surface area (Å²) in [5.41, 5.74) is 1.29. The summed E-state index contributed by atoms with van der Waals surface area (Å²) in [6, 6.07) is 8.00. The van der Waals surface area contributed by atoms with Gasteiger partial charge in [-0.2, -0.15) is 0 Å². The Balaban J connectivity index is 2.26. The molecule has 1 aliphatic rings. The van der Waals surface area contributed by atoms with Crippen molar-refractivity contribution in [3.8, 4) is 0 Å². The first kappa shape index (κ1) is 12.0. The van der Waals surface area contributed by atoms with Crippen molar-refractivity contribution in [3.05, 3.63) is 34.9 Å². The van der Waals surface area contributed by atoms with Gasteiger partial charge in [-0.25, -0.2) is 0 Å². The van der Waals surface area contributed by atoms with Gasteiger partial charge < -0.3 is 0 Å². The van der Waals surface area contributed by atoms with Gasteiger partial charge in [0.2, 0.25) is 0 Å². The lowest BCUT2D eigenvalue weighted by Gasteiger charge is -2.37. The Morgan fingerprint density at radius 2 is 1.94 bits per heavy atom. The van der Waals surface area contributed by atoms with Gasteiger partial charge in [0.05, 0.1) is 0 Å². The van der Waals surface area contributed by atoms with Gasteiger partial charge in [0.25, 0.3) is 0 Å². The average molecular weight is 255 g/mol. The van der Waals surface area contributed by atoms with Crippen molar-refractivity contribution in [2.45, 2.75) is 37.4 Å². The van der Waals surface area contributed by atoms with Gasteiger partial charge in [-0.3, -0.25) is 4.79 Å². The van der Waals surface area contributed by atoms with E-state index in [0.29, 0.717) is 17.5 Å². The van der Waals surface area contributed by atoms with E-state index in [4.69, 9.17) is 11.6 Å². The number of thioether (sulfide) groups is 1. The maximum atomic E-state index is 11.5. The van der Waals surface area contributed by atoms with Crippen molar-refractivity contribution in [2.24, 2.45) is 0 Å². The predicted molar refractivity (Wildman–Crippen MR) is 70.1 cm³/mol. The molecule has 1 saturated heterocycles. The van der Waals surface area contributed by atoms with Crippen LogP contribution in [0.25, 0.3) is 0 Å². The van der Waals surface area contributed by atoms with Crippen LogP contribution in [-0.4, -0.2) is 9.86 Å². The Hall–Kier alpha value is -0.470. The number of rotatable bonds is 1. The second kappa shape index (κ2) is 4.42. The molecule has 0 aliphatic carbocycles. The van der Waals surface area contributed by atoms with Crippen LogP contribution < -0.4 is 0 Å². The van der Waals surface area contributed by atoms with Crippen molar-refractivity contribution in [1.29, 1.82) is 0 Å². The molecule has 1 aromatic rings. The summed E-state index contributed by atoms with van der Waals surface area (Å²) >= 11 is 7.36. The number of carbonyl (C=O) groups is 1. The van der Waals surface area contributed by atoms with Crippen LogP contribution in [0, 0.1) is 0 Å². The molecule has 0 aromatic heterocycles. The third kappa shape index (κ3) is 2.44. The molecule has 0 N–H and O–H groups in total. The number of benzene rings is 1. The molecule has 0 bridgehead atoms. The summed E-state index contributed by atoms with van der Waals surface area (Å²) in [5, 5.41) is 1.08. The summed E-state index contributed by atoms with van der Waals surface area (Å²) in [6.45, 7) is 4.29. The summed E-state index contributed by atoms with van der Waals surface area (Å²) in [6.07, 6.45) is 1.63. The van der Waals surface area contributed by atoms with Crippen LogP contribution in [0.15, 0.2) is 24.3 Å². The minimum absolute atomic E-state index is 0.0108. The van der Waals surface area contributed by atoms with Gasteiger partial charge in [0.1, 0.15) is 0 Å². The molecule has 0 amide bonds. The number of hydrogen-bond acceptors (Lipinski definition) is 2. The van der Waals surface area contributed by atoms with Gasteiger partial charge in [0, 0.05) is 16.2 Å². The van der Waals surface area contributed by atoms with Gasteiger partial charge in [-0.15, -0.1) is 0 Å². The van der Waals surface area contributed by atoms with Crippen LogP contribution in [0.1, 0.15) is 38.2 Å². The molecule has 1 fully saturated rings. The lowest BCUT2D eigenvalue weighted by Crippen LogP contribution is -2.31. The fraction of sp³-hybridized carbons (Fsp3) is 0.462. The van der Waals surface area contributed by atoms with Gasteiger partial charge in [-0.1, -0.05) is 35.5 Å². The Kier molecular flexibility index (Phi) is 3.32. The quantitative estimate of drug-likeness (QED) is 0.745. The summed E-state index contributed by atoms with van der Waals surface area (Å²) in [7, 11) is 0. The van der Waals surface area contributed by atoms with Crippen molar-refractivity contribution >= 4 is 28.5 Å². The Morgan fingerprint density at radius 1 is 1.31 bits per heavy atom. The van der Waals surface area contributed by atoms with Crippen LogP contribution in [0.2, 0.25) is 5.02 Å². The zero-order chi connectivity index (χ0) is 11.8. The second-order valence-corrected chi connectivity index (χ2v) is 6.87. The molecule has 0 spiro atoms. The van der Waals surface area contributed by atoms with Crippen LogP contribution in [0.4, 0.5) is 0 Å². The molecular weight excluding hydrogens is 240 g/mol. The lowest BCUT2D eigenvalue weighted by atomic mass is 9.84. The molecule has 1 heterocycles. The molecule has 2 rings (SSSR count). The molecule has 1 nitrogen and oxygen atoms in total. The minimum atomic E-state index is -0.0108. The number of carbonyl (C=O) groups excluding carboxylic acids is 1. The topological polar surface area (TPSA) is 17.1 Å². The van der Waals surface area contributed by atoms with E-state index in [-0.39, 0.29) is 4.75 Å². The lowest BCUT2D eigenvalue weighted by molar-refractivity contribution is -0.111. The van der Waals surface area contributed by atoms with Crippen molar-refractivity contribution in [2.75, 3.05) is 0 Å². The van der Waals surface area contributed by atoms with Crippen molar-refractivity contribution in [1.82, 2.24) is 0 Å². The smallest absolute Gasteiger partial charge is 0.189 e. The van der Waals surface area contributed by atoms with E-state index >= 15 is 0 Å². The Morgan fingerprint density at radius 3 is 2.50 bits per heavy atom. The van der Waals surface area contributed by atoms with Gasteiger partial charge >= 0.3 is 0 Å². The molecule has 1 aromatic carbocycles. The summed E-state index contributed by atoms with van der Waals surface area (Å²) in [5.74, 6) is 0.437. The maximum absolute atomic E-state index is 11.5. The summed E-state index contributed by atoms with van der Waals surface area (Å²) < 4.78 is -0.0108. The molecule has 1 unspecified atom stereocenters. The number of hydrogen-bond donors (Lipinski definition) is 0. The molecular formula is C13H15ClOS. The van der Waals surface area contributed by atoms with Gasteiger partial charge in [0.15, 0.2) is 5.12 Å². The van der Waals surface area contributed by atoms with Crippen molar-refractivity contribution in [3.63, 3.8) is 0 Å². The monoisotopic (exact) mass is 254 g/mol. The van der Waals surface area contributed by atoms with E-state index in [1.807, 2.05) is 12.1 Å². The molecule has 3 heteroatoms. The first-order valence-electron chi connectivity index (χ1n) is 5.46. The predicted octanol–water partition coefficient (Wildman–Crippen LogP) is 4.26. The van der Waals surface area contributed by atoms with Crippen LogP contribution >= 0.6 is 23.4 Å². The second-order valence-electron chi connectivity index (χ2n) is 4.72. The van der Waals surface area contributed by atoms with Crippen molar-refractivity contribution < 1.29 is 4.79 Å². The van der Waals surface area contributed by atoms with Crippen LogP contribution in [0.3, 0.4) is 0 Å². The maximum Gasteiger partial charge on any atom is 0.189 e. The molecule has 16 heavy (non-hydrogen) atoms. The highest BCUT2D eigenvalue weighted by Gasteiger charge is 2.37. The normalized spacial score (nSPS) is 24.4. The Labute approximate surface area is 106 Å². The zero-order valence-corrected chi connectivity index (χ0v) is 11.1. The fourth-order valence-corrected chi connectivity index (χ4v) is 3.62. The molecule has 1 atom stereocenters. The summed E-state index contributed by atoms with van der Waals surface area (Å²) in [4.78, 5) is 11.5. The fourth-order valence-electron chi connectivity index (χ4n) is 2.29. The Bertz CT molecular complexity index is 397. The largest absolute Gasteiger partial charge is 0.287 e. The average Bonchev–Trinajstić information content (AvgIpc) is 2.18. The zero-order valence-electron chi connectivity index (χ0n) is 9.50. The van der Waals surface area contributed by atoms with Gasteiger partial charge in [-0.05, 0) is 43.9 Å². The third-order valence-electron chi connectivity index (χ3n) is 3.13. The highest BCUT2D eigenvalue weighted by Crippen LogP contribution is 2.46. The highest BCUT2D eigenvalue weighted by molar-refractivity contribution is 8.14. The molecule has 0 radical (unpaired) electrons. The highest BCUT2D eigenvalue weighted by atomic mass is 35.5. The van der Waals surface area contributed by atoms with E-state index in [0.717, 1.165) is 11.4 Å². The molecule has 0 saturated carbocycles. The first-order chi connectivity index (χ1) is 7.49. The SMILES string of the molecule is CC1(C)SC(=O)CCC1c1ccc(Cl)cc1. The molecule has 86 valence electrons. The standard InChI is InChI=1S/C13H15ClOS/c1-13(2)11(7-8-12(15)16-13)9-3-5-10(14)6-4-9/h3-6,11H,7-8H2,1-2H3. The van der Waals surface area contributed by atoms with Crippen LogP contribution in [0.5, 0.6) is 0 Å². The van der Waals surface area contributed by atoms with E-state index in [1.165, 1.54) is 17.3 Å². The van der Waals surface area contributed by atoms with E-state index < -0.39 is 0 Å². The van der Waals surface area contributed by atoms with E-state index in [1.54, 1.807) is 0 Å². The third-order valence-corrected chi connectivity index (χ3v) is 4.62. The number of halogens is 1. The van der Waals surface area contributed by atoms with E-state index in [9.17, 15) is 4.79 Å². The van der Waals surface area contributed by atoms with Crippen LogP contribution in [-0.2, 0) is 4.79 Å². The molecule has 1 aliphatic heterocycles. The van der Waals surface area contributed by atoms with E-state index in [2.05, 4.69) is 26.0 Å².